The van der Waals surface area contributed by atoms with Crippen molar-refractivity contribution in [2.24, 2.45) is 5.92 Å². The number of halogens is 1. The highest BCUT2D eigenvalue weighted by Gasteiger charge is 2.31. The van der Waals surface area contributed by atoms with E-state index in [4.69, 9.17) is 5.11 Å². The average molecular weight is 299 g/mol. The van der Waals surface area contributed by atoms with Gasteiger partial charge in [0.05, 0.1) is 11.5 Å². The number of rotatable bonds is 2. The fourth-order valence-electron chi connectivity index (χ4n) is 1.86. The number of carboxylic acid groups (broad SMARTS) is 1. The molecule has 1 amide bonds. The van der Waals surface area contributed by atoms with Crippen molar-refractivity contribution in [1.29, 1.82) is 0 Å². The first-order chi connectivity index (χ1) is 8.08. The second-order valence-corrected chi connectivity index (χ2v) is 4.88. The van der Waals surface area contributed by atoms with E-state index in [2.05, 4.69) is 20.9 Å². The maximum absolute atomic E-state index is 12.0. The molecule has 2 rings (SSSR count). The summed E-state index contributed by atoms with van der Waals surface area (Å²) < 4.78 is 0.734. The van der Waals surface area contributed by atoms with Crippen LogP contribution in [0.2, 0.25) is 0 Å². The van der Waals surface area contributed by atoms with Gasteiger partial charge in [-0.25, -0.2) is 0 Å². The highest BCUT2D eigenvalue weighted by Crippen LogP contribution is 2.19. The number of carbonyl (C=O) groups excluding carboxylic acids is 1. The molecule has 1 N–H and O–H groups in total. The zero-order valence-corrected chi connectivity index (χ0v) is 10.6. The van der Waals surface area contributed by atoms with Crippen molar-refractivity contribution in [3.63, 3.8) is 0 Å². The topological polar surface area (TPSA) is 70.5 Å². The Hall–Kier alpha value is -1.43. The normalized spacial score (nSPS) is 19.4. The number of likely N-dealkylation sites (tertiary alicyclic amines) is 1. The number of carboxylic acids is 1. The molecule has 1 aliphatic heterocycles. The number of pyridine rings is 1. The minimum atomic E-state index is -0.840. The molecule has 90 valence electrons. The molecule has 6 heteroatoms. The third-order valence-corrected chi connectivity index (χ3v) is 3.21. The zero-order valence-electron chi connectivity index (χ0n) is 8.97. The largest absolute Gasteiger partial charge is 0.481 e. The van der Waals surface area contributed by atoms with Crippen LogP contribution in [0.25, 0.3) is 0 Å². The third kappa shape index (κ3) is 2.63. The average Bonchev–Trinajstić information content (AvgIpc) is 2.77. The molecule has 1 fully saturated rings. The van der Waals surface area contributed by atoms with Crippen LogP contribution in [0.3, 0.4) is 0 Å². The van der Waals surface area contributed by atoms with E-state index in [1.807, 2.05) is 0 Å². The Labute approximate surface area is 107 Å². The summed E-state index contributed by atoms with van der Waals surface area (Å²) in [6, 6.07) is 1.68. The maximum atomic E-state index is 12.0. The number of aromatic nitrogens is 1. The van der Waals surface area contributed by atoms with Gasteiger partial charge in [0.2, 0.25) is 0 Å². The summed E-state index contributed by atoms with van der Waals surface area (Å²) in [4.78, 5) is 28.3. The zero-order chi connectivity index (χ0) is 12.4. The van der Waals surface area contributed by atoms with E-state index in [1.165, 1.54) is 6.20 Å². The fraction of sp³-hybridized carbons (Fsp3) is 0.364. The predicted octanol–water partition coefficient (Wildman–Crippen LogP) is 1.39. The monoisotopic (exact) mass is 298 g/mol. The van der Waals surface area contributed by atoms with Crippen LogP contribution in [0.1, 0.15) is 16.8 Å². The molecule has 2 heterocycles. The van der Waals surface area contributed by atoms with E-state index in [1.54, 1.807) is 17.2 Å². The summed E-state index contributed by atoms with van der Waals surface area (Å²) in [6.07, 6.45) is 3.60. The molecule has 1 aromatic heterocycles. The van der Waals surface area contributed by atoms with Gasteiger partial charge in [-0.1, -0.05) is 0 Å². The van der Waals surface area contributed by atoms with Gasteiger partial charge in [-0.2, -0.15) is 0 Å². The smallest absolute Gasteiger partial charge is 0.308 e. The lowest BCUT2D eigenvalue weighted by Gasteiger charge is -2.15. The van der Waals surface area contributed by atoms with Crippen LogP contribution in [-0.2, 0) is 4.79 Å². The van der Waals surface area contributed by atoms with E-state index >= 15 is 0 Å². The summed E-state index contributed by atoms with van der Waals surface area (Å²) in [5.74, 6) is -1.45. The van der Waals surface area contributed by atoms with Crippen LogP contribution in [0.5, 0.6) is 0 Å². The standard InChI is InChI=1S/C11H11BrN2O3/c12-9-3-8(4-13-5-9)10(15)14-2-1-7(6-14)11(16)17/h3-5,7H,1-2,6H2,(H,16,17)/t7-/m0/s1. The minimum absolute atomic E-state index is 0.164. The minimum Gasteiger partial charge on any atom is -0.481 e. The van der Waals surface area contributed by atoms with Crippen LogP contribution >= 0.6 is 15.9 Å². The van der Waals surface area contributed by atoms with Crippen LogP contribution in [-0.4, -0.2) is 40.0 Å². The van der Waals surface area contributed by atoms with Crippen LogP contribution in [0, 0.1) is 5.92 Å². The summed E-state index contributed by atoms with van der Waals surface area (Å²) in [6.45, 7) is 0.767. The summed E-state index contributed by atoms with van der Waals surface area (Å²) in [5, 5.41) is 8.87. The van der Waals surface area contributed by atoms with Crippen molar-refractivity contribution in [2.45, 2.75) is 6.42 Å². The first-order valence-corrected chi connectivity index (χ1v) is 6.00. The van der Waals surface area contributed by atoms with E-state index in [0.717, 1.165) is 4.47 Å². The Kier molecular flexibility index (Phi) is 3.42. The predicted molar refractivity (Wildman–Crippen MR) is 63.6 cm³/mol. The molecule has 0 aliphatic carbocycles. The second kappa shape index (κ2) is 4.83. The molecule has 0 aromatic carbocycles. The van der Waals surface area contributed by atoms with Gasteiger partial charge in [0.25, 0.3) is 5.91 Å². The quantitative estimate of drug-likeness (QED) is 0.896. The van der Waals surface area contributed by atoms with Gasteiger partial charge >= 0.3 is 5.97 Å². The Morgan fingerprint density at radius 1 is 1.47 bits per heavy atom. The molecular formula is C11H11BrN2O3. The lowest BCUT2D eigenvalue weighted by atomic mass is 10.1. The molecule has 0 bridgehead atoms. The molecule has 0 radical (unpaired) electrons. The first kappa shape index (κ1) is 12.0. The molecular weight excluding hydrogens is 288 g/mol. The van der Waals surface area contributed by atoms with Crippen molar-refractivity contribution >= 4 is 27.8 Å². The van der Waals surface area contributed by atoms with Gasteiger partial charge in [-0.15, -0.1) is 0 Å². The Balaban J connectivity index is 2.09. The summed E-state index contributed by atoms with van der Waals surface area (Å²) >= 11 is 3.25. The number of amides is 1. The summed E-state index contributed by atoms with van der Waals surface area (Å²) in [7, 11) is 0. The molecule has 1 atom stereocenters. The van der Waals surface area contributed by atoms with E-state index in [-0.39, 0.29) is 12.5 Å². The molecule has 1 aromatic rings. The maximum Gasteiger partial charge on any atom is 0.308 e. The Bertz CT molecular complexity index is 464. The third-order valence-electron chi connectivity index (χ3n) is 2.78. The van der Waals surface area contributed by atoms with Crippen molar-refractivity contribution in [2.75, 3.05) is 13.1 Å². The van der Waals surface area contributed by atoms with Crippen LogP contribution < -0.4 is 0 Å². The first-order valence-electron chi connectivity index (χ1n) is 5.20. The van der Waals surface area contributed by atoms with Gasteiger partial charge in [0, 0.05) is 30.0 Å². The molecule has 5 nitrogen and oxygen atoms in total. The van der Waals surface area contributed by atoms with Crippen LogP contribution in [0.4, 0.5) is 0 Å². The molecule has 0 saturated carbocycles. The van der Waals surface area contributed by atoms with Crippen molar-refractivity contribution in [3.8, 4) is 0 Å². The number of nitrogens with zero attached hydrogens (tertiary/aromatic N) is 2. The van der Waals surface area contributed by atoms with E-state index < -0.39 is 11.9 Å². The van der Waals surface area contributed by atoms with Gasteiger partial charge in [0.15, 0.2) is 0 Å². The lowest BCUT2D eigenvalue weighted by molar-refractivity contribution is -0.141. The SMILES string of the molecule is O=C(O)[C@H]1CCN(C(=O)c2cncc(Br)c2)C1. The molecule has 0 unspecified atom stereocenters. The fourth-order valence-corrected chi connectivity index (χ4v) is 2.22. The Morgan fingerprint density at radius 2 is 2.24 bits per heavy atom. The molecule has 0 spiro atoms. The number of aliphatic carboxylic acids is 1. The number of hydrogen-bond donors (Lipinski definition) is 1. The molecule has 1 saturated heterocycles. The molecule has 17 heavy (non-hydrogen) atoms. The molecule has 1 aliphatic rings. The van der Waals surface area contributed by atoms with Gasteiger partial charge in [0.1, 0.15) is 0 Å². The highest BCUT2D eigenvalue weighted by molar-refractivity contribution is 9.10. The van der Waals surface area contributed by atoms with Gasteiger partial charge in [-0.05, 0) is 28.4 Å². The van der Waals surface area contributed by atoms with E-state index in [0.29, 0.717) is 18.5 Å². The lowest BCUT2D eigenvalue weighted by Crippen LogP contribution is -2.30. The van der Waals surface area contributed by atoms with E-state index in [9.17, 15) is 9.59 Å². The Morgan fingerprint density at radius 3 is 2.82 bits per heavy atom. The van der Waals surface area contributed by atoms with Crippen molar-refractivity contribution < 1.29 is 14.7 Å². The second-order valence-electron chi connectivity index (χ2n) is 3.97. The number of carbonyl (C=O) groups is 2. The van der Waals surface area contributed by atoms with Crippen LogP contribution in [0.15, 0.2) is 22.9 Å². The summed E-state index contributed by atoms with van der Waals surface area (Å²) in [5.41, 5.74) is 0.477. The van der Waals surface area contributed by atoms with Crippen molar-refractivity contribution in [1.82, 2.24) is 9.88 Å². The van der Waals surface area contributed by atoms with Gasteiger partial charge in [-0.3, -0.25) is 14.6 Å². The van der Waals surface area contributed by atoms with Crippen molar-refractivity contribution in [3.05, 3.63) is 28.5 Å². The van der Waals surface area contributed by atoms with Gasteiger partial charge < -0.3 is 10.0 Å². The number of hydrogen-bond acceptors (Lipinski definition) is 3. The highest BCUT2D eigenvalue weighted by atomic mass is 79.9.